The first kappa shape index (κ1) is 9.69. The molecule has 1 saturated heterocycles. The predicted molar refractivity (Wildman–Crippen MR) is 57.2 cm³/mol. The van der Waals surface area contributed by atoms with Crippen LogP contribution in [0.1, 0.15) is 19.4 Å². The number of nitrogens with one attached hydrogen (secondary N) is 1. The molecule has 2 heteroatoms. The second kappa shape index (κ2) is 3.71. The molecule has 2 rings (SSSR count). The van der Waals surface area contributed by atoms with E-state index in [-0.39, 0.29) is 5.54 Å². The minimum atomic E-state index is 0.0649. The highest BCUT2D eigenvalue weighted by Gasteiger charge is 2.40. The van der Waals surface area contributed by atoms with Gasteiger partial charge in [-0.15, -0.1) is 0 Å². The lowest BCUT2D eigenvalue weighted by atomic mass is 9.87. The van der Waals surface area contributed by atoms with Crippen molar-refractivity contribution in [2.75, 3.05) is 13.2 Å². The highest BCUT2D eigenvalue weighted by atomic mass is 16.5. The summed E-state index contributed by atoms with van der Waals surface area (Å²) in [6, 6.07) is 11.0. The molecule has 0 bridgehead atoms. The molecular weight excluding hydrogens is 174 g/mol. The van der Waals surface area contributed by atoms with Gasteiger partial charge in [0.1, 0.15) is 0 Å². The van der Waals surface area contributed by atoms with Crippen LogP contribution in [0, 0.1) is 0 Å². The van der Waals surface area contributed by atoms with Crippen molar-refractivity contribution in [3.63, 3.8) is 0 Å². The van der Waals surface area contributed by atoms with Crippen molar-refractivity contribution in [2.24, 2.45) is 0 Å². The van der Waals surface area contributed by atoms with Crippen molar-refractivity contribution < 1.29 is 4.74 Å². The number of rotatable bonds is 3. The summed E-state index contributed by atoms with van der Waals surface area (Å²) in [5.74, 6) is 0. The fourth-order valence-electron chi connectivity index (χ4n) is 1.95. The van der Waals surface area contributed by atoms with Crippen LogP contribution in [-0.4, -0.2) is 19.3 Å². The maximum Gasteiger partial charge on any atom is 0.0910 e. The molecule has 14 heavy (non-hydrogen) atoms. The second-order valence-electron chi connectivity index (χ2n) is 4.24. The number of benzene rings is 1. The van der Waals surface area contributed by atoms with Crippen LogP contribution >= 0.6 is 0 Å². The quantitative estimate of drug-likeness (QED) is 0.788. The molecule has 0 unspecified atom stereocenters. The number of ether oxygens (including phenoxy) is 1. The summed E-state index contributed by atoms with van der Waals surface area (Å²) in [5.41, 5.74) is 1.40. The molecule has 0 amide bonds. The van der Waals surface area contributed by atoms with E-state index in [1.165, 1.54) is 5.56 Å². The van der Waals surface area contributed by atoms with Crippen LogP contribution in [0.3, 0.4) is 0 Å². The molecule has 0 saturated carbocycles. The zero-order valence-electron chi connectivity index (χ0n) is 8.79. The van der Waals surface area contributed by atoms with E-state index in [1.807, 2.05) is 6.07 Å². The van der Waals surface area contributed by atoms with Crippen molar-refractivity contribution in [3.8, 4) is 0 Å². The largest absolute Gasteiger partial charge is 0.377 e. The first-order valence-electron chi connectivity index (χ1n) is 5.14. The number of hydrogen-bond donors (Lipinski definition) is 1. The maximum absolute atomic E-state index is 5.33. The summed E-state index contributed by atoms with van der Waals surface area (Å²) >= 11 is 0. The average molecular weight is 191 g/mol. The van der Waals surface area contributed by atoms with E-state index in [4.69, 9.17) is 4.74 Å². The van der Waals surface area contributed by atoms with E-state index in [2.05, 4.69) is 43.4 Å². The Morgan fingerprint density at radius 1 is 1.21 bits per heavy atom. The third kappa shape index (κ3) is 1.68. The standard InChI is InChI=1S/C12H17NO/c1-10(2)13-12(8-14-9-12)11-6-4-3-5-7-11/h3-7,10,13H,8-9H2,1-2H3. The van der Waals surface area contributed by atoms with E-state index in [0.717, 1.165) is 13.2 Å². The molecule has 0 radical (unpaired) electrons. The normalized spacial score (nSPS) is 19.4. The second-order valence-corrected chi connectivity index (χ2v) is 4.24. The fourth-order valence-corrected chi connectivity index (χ4v) is 1.95. The van der Waals surface area contributed by atoms with Crippen LogP contribution in [0.15, 0.2) is 30.3 Å². The minimum absolute atomic E-state index is 0.0649. The van der Waals surface area contributed by atoms with E-state index in [9.17, 15) is 0 Å². The molecule has 1 fully saturated rings. The summed E-state index contributed by atoms with van der Waals surface area (Å²) in [4.78, 5) is 0. The summed E-state index contributed by atoms with van der Waals surface area (Å²) in [6.07, 6.45) is 0. The molecule has 1 aliphatic heterocycles. The third-order valence-corrected chi connectivity index (χ3v) is 2.59. The SMILES string of the molecule is CC(C)NC1(c2ccccc2)COC1. The van der Waals surface area contributed by atoms with Gasteiger partial charge < -0.3 is 10.1 Å². The summed E-state index contributed by atoms with van der Waals surface area (Å²) in [5, 5.41) is 3.58. The van der Waals surface area contributed by atoms with Gasteiger partial charge in [0.15, 0.2) is 0 Å². The van der Waals surface area contributed by atoms with E-state index < -0.39 is 0 Å². The Balaban J connectivity index is 2.20. The Morgan fingerprint density at radius 2 is 1.86 bits per heavy atom. The smallest absolute Gasteiger partial charge is 0.0910 e. The van der Waals surface area contributed by atoms with Crippen LogP contribution in [0.25, 0.3) is 0 Å². The van der Waals surface area contributed by atoms with E-state index in [0.29, 0.717) is 6.04 Å². The predicted octanol–water partition coefficient (Wildman–Crippen LogP) is 1.91. The van der Waals surface area contributed by atoms with E-state index in [1.54, 1.807) is 0 Å². The molecule has 1 aromatic rings. The van der Waals surface area contributed by atoms with Crippen molar-refractivity contribution in [1.29, 1.82) is 0 Å². The minimum Gasteiger partial charge on any atom is -0.377 e. The molecule has 1 N–H and O–H groups in total. The van der Waals surface area contributed by atoms with E-state index >= 15 is 0 Å². The fraction of sp³-hybridized carbons (Fsp3) is 0.500. The summed E-state index contributed by atoms with van der Waals surface area (Å²) < 4.78 is 5.33. The molecule has 1 aromatic carbocycles. The Bertz CT molecular complexity index is 290. The first-order chi connectivity index (χ1) is 6.73. The zero-order chi connectivity index (χ0) is 10.0. The van der Waals surface area contributed by atoms with Crippen LogP contribution in [0.4, 0.5) is 0 Å². The average Bonchev–Trinajstić information content (AvgIpc) is 2.12. The van der Waals surface area contributed by atoms with Gasteiger partial charge in [-0.05, 0) is 19.4 Å². The molecule has 76 valence electrons. The number of hydrogen-bond acceptors (Lipinski definition) is 2. The van der Waals surface area contributed by atoms with Gasteiger partial charge in [0.2, 0.25) is 0 Å². The van der Waals surface area contributed by atoms with Crippen molar-refractivity contribution in [1.82, 2.24) is 5.32 Å². The van der Waals surface area contributed by atoms with Gasteiger partial charge in [-0.25, -0.2) is 0 Å². The van der Waals surface area contributed by atoms with Crippen LogP contribution in [0.5, 0.6) is 0 Å². The van der Waals surface area contributed by atoms with Gasteiger partial charge >= 0.3 is 0 Å². The van der Waals surface area contributed by atoms with Gasteiger partial charge in [-0.3, -0.25) is 0 Å². The molecule has 0 aromatic heterocycles. The first-order valence-corrected chi connectivity index (χ1v) is 5.14. The maximum atomic E-state index is 5.33. The van der Waals surface area contributed by atoms with Gasteiger partial charge in [0, 0.05) is 6.04 Å². The molecule has 1 aliphatic rings. The lowest BCUT2D eigenvalue weighted by Gasteiger charge is -2.44. The Kier molecular flexibility index (Phi) is 2.57. The lowest BCUT2D eigenvalue weighted by Crippen LogP contribution is -2.59. The van der Waals surface area contributed by atoms with Gasteiger partial charge in [-0.1, -0.05) is 30.3 Å². The van der Waals surface area contributed by atoms with Gasteiger partial charge in [-0.2, -0.15) is 0 Å². The highest BCUT2D eigenvalue weighted by molar-refractivity contribution is 5.27. The van der Waals surface area contributed by atoms with Crippen LogP contribution in [0.2, 0.25) is 0 Å². The van der Waals surface area contributed by atoms with Crippen molar-refractivity contribution >= 4 is 0 Å². The van der Waals surface area contributed by atoms with Crippen LogP contribution < -0.4 is 5.32 Å². The Hall–Kier alpha value is -0.860. The summed E-state index contributed by atoms with van der Waals surface area (Å²) in [6.45, 7) is 5.91. The summed E-state index contributed by atoms with van der Waals surface area (Å²) in [7, 11) is 0. The molecular formula is C12H17NO. The molecule has 1 heterocycles. The topological polar surface area (TPSA) is 21.3 Å². The lowest BCUT2D eigenvalue weighted by molar-refractivity contribution is -0.0823. The van der Waals surface area contributed by atoms with Crippen LogP contribution in [-0.2, 0) is 10.3 Å². The molecule has 2 nitrogen and oxygen atoms in total. The van der Waals surface area contributed by atoms with Crippen molar-refractivity contribution in [3.05, 3.63) is 35.9 Å². The highest BCUT2D eigenvalue weighted by Crippen LogP contribution is 2.29. The van der Waals surface area contributed by atoms with Gasteiger partial charge in [0.25, 0.3) is 0 Å². The molecule has 0 aliphatic carbocycles. The third-order valence-electron chi connectivity index (χ3n) is 2.59. The molecule has 0 spiro atoms. The molecule has 0 atom stereocenters. The Morgan fingerprint density at radius 3 is 2.29 bits per heavy atom. The Labute approximate surface area is 85.3 Å². The van der Waals surface area contributed by atoms with Crippen molar-refractivity contribution in [2.45, 2.75) is 25.4 Å². The zero-order valence-corrected chi connectivity index (χ0v) is 8.79. The monoisotopic (exact) mass is 191 g/mol. The van der Waals surface area contributed by atoms with Gasteiger partial charge in [0.05, 0.1) is 18.8 Å².